The van der Waals surface area contributed by atoms with E-state index in [1.165, 1.54) is 11.3 Å². The minimum atomic E-state index is 0.0129. The Labute approximate surface area is 195 Å². The Hall–Kier alpha value is -3.19. The first-order valence-corrected chi connectivity index (χ1v) is 11.8. The zero-order chi connectivity index (χ0) is 23.0. The Morgan fingerprint density at radius 1 is 1.03 bits per heavy atom. The summed E-state index contributed by atoms with van der Waals surface area (Å²) in [4.78, 5) is 21.5. The van der Waals surface area contributed by atoms with Crippen LogP contribution in [0.2, 0.25) is 0 Å². The van der Waals surface area contributed by atoms with Crippen molar-refractivity contribution in [2.45, 2.75) is 32.6 Å². The van der Waals surface area contributed by atoms with Crippen molar-refractivity contribution in [3.05, 3.63) is 66.1 Å². The normalized spacial score (nSPS) is 14.6. The third-order valence-corrected chi connectivity index (χ3v) is 6.11. The molecule has 3 aromatic rings. The maximum atomic E-state index is 12.2. The zero-order valence-corrected chi connectivity index (χ0v) is 19.5. The van der Waals surface area contributed by atoms with Crippen molar-refractivity contribution < 1.29 is 9.32 Å². The van der Waals surface area contributed by atoms with Crippen LogP contribution < -0.4 is 10.2 Å². The summed E-state index contributed by atoms with van der Waals surface area (Å²) in [6.45, 7) is 9.89. The number of nitrogens with zero attached hydrogens (tertiary/aromatic N) is 4. The molecule has 0 saturated carbocycles. The second kappa shape index (κ2) is 11.1. The lowest BCUT2D eigenvalue weighted by atomic mass is 10.0. The van der Waals surface area contributed by atoms with Crippen LogP contribution in [-0.4, -0.2) is 60.2 Å². The van der Waals surface area contributed by atoms with Crippen LogP contribution in [-0.2, 0) is 11.2 Å². The van der Waals surface area contributed by atoms with Gasteiger partial charge in [0.15, 0.2) is 0 Å². The van der Waals surface area contributed by atoms with E-state index < -0.39 is 0 Å². The maximum Gasteiger partial charge on any atom is 0.227 e. The maximum absolute atomic E-state index is 12.2. The molecule has 1 fully saturated rings. The van der Waals surface area contributed by atoms with Gasteiger partial charge in [0.25, 0.3) is 0 Å². The summed E-state index contributed by atoms with van der Waals surface area (Å²) < 4.78 is 5.34. The van der Waals surface area contributed by atoms with Crippen molar-refractivity contribution in [1.82, 2.24) is 20.4 Å². The van der Waals surface area contributed by atoms with E-state index in [-0.39, 0.29) is 5.91 Å². The van der Waals surface area contributed by atoms with Gasteiger partial charge < -0.3 is 14.7 Å². The van der Waals surface area contributed by atoms with E-state index in [1.54, 1.807) is 0 Å². The number of benzene rings is 2. The number of nitrogens with one attached hydrogen (secondary N) is 1. The molecular formula is C26H33N5O2. The van der Waals surface area contributed by atoms with Crippen LogP contribution >= 0.6 is 0 Å². The van der Waals surface area contributed by atoms with Crippen LogP contribution in [0.25, 0.3) is 11.4 Å². The van der Waals surface area contributed by atoms with Gasteiger partial charge in [0.2, 0.25) is 17.6 Å². The van der Waals surface area contributed by atoms with E-state index in [1.807, 2.05) is 18.2 Å². The molecule has 1 saturated heterocycles. The van der Waals surface area contributed by atoms with Crippen LogP contribution in [0, 0.1) is 0 Å². The van der Waals surface area contributed by atoms with Gasteiger partial charge in [-0.2, -0.15) is 4.98 Å². The standard InChI is InChI=1S/C26H33N5O2/c1-20(2)21-8-10-22(11-9-21)26-28-25(33-29-26)13-12-24(32)27-14-15-30-16-18-31(19-17-30)23-6-4-3-5-7-23/h3-11,20H,12-19H2,1-2H3,(H,27,32). The molecule has 7 nitrogen and oxygen atoms in total. The van der Waals surface area contributed by atoms with Crippen LogP contribution in [0.5, 0.6) is 0 Å². The summed E-state index contributed by atoms with van der Waals surface area (Å²) in [5.74, 6) is 1.55. The van der Waals surface area contributed by atoms with Crippen molar-refractivity contribution in [2.75, 3.05) is 44.2 Å². The predicted molar refractivity (Wildman–Crippen MR) is 130 cm³/mol. The highest BCUT2D eigenvalue weighted by Gasteiger charge is 2.17. The molecule has 1 N–H and O–H groups in total. The average molecular weight is 448 g/mol. The summed E-state index contributed by atoms with van der Waals surface area (Å²) in [5.41, 5.74) is 3.48. The molecule has 1 aliphatic rings. The highest BCUT2D eigenvalue weighted by molar-refractivity contribution is 5.76. The predicted octanol–water partition coefficient (Wildman–Crippen LogP) is 3.73. The first-order valence-electron chi connectivity index (χ1n) is 11.8. The van der Waals surface area contributed by atoms with Crippen LogP contribution in [0.1, 0.15) is 37.6 Å². The van der Waals surface area contributed by atoms with Crippen LogP contribution in [0.3, 0.4) is 0 Å². The number of aryl methyl sites for hydroxylation is 1. The number of anilines is 1. The molecule has 7 heteroatoms. The number of amides is 1. The molecule has 1 aromatic heterocycles. The van der Waals surface area contributed by atoms with Crippen molar-refractivity contribution in [1.29, 1.82) is 0 Å². The Balaban J connectivity index is 1.14. The number of piperazine rings is 1. The van der Waals surface area contributed by atoms with E-state index in [0.717, 1.165) is 38.3 Å². The SMILES string of the molecule is CC(C)c1ccc(-c2noc(CCC(=O)NCCN3CCN(c4ccccc4)CC3)n2)cc1. The molecule has 0 atom stereocenters. The molecule has 174 valence electrons. The quantitative estimate of drug-likeness (QED) is 0.539. The van der Waals surface area contributed by atoms with Gasteiger partial charge >= 0.3 is 0 Å². The number of carbonyl (C=O) groups is 1. The fraction of sp³-hybridized carbons (Fsp3) is 0.423. The van der Waals surface area contributed by atoms with Crippen LogP contribution in [0.4, 0.5) is 5.69 Å². The molecule has 4 rings (SSSR count). The van der Waals surface area contributed by atoms with Gasteiger partial charge in [0.05, 0.1) is 0 Å². The highest BCUT2D eigenvalue weighted by atomic mass is 16.5. The van der Waals surface area contributed by atoms with Crippen molar-refractivity contribution >= 4 is 11.6 Å². The largest absolute Gasteiger partial charge is 0.369 e. The first kappa shape index (κ1) is 23.0. The van der Waals surface area contributed by atoms with Gasteiger partial charge in [0, 0.05) is 63.4 Å². The Morgan fingerprint density at radius 3 is 2.45 bits per heavy atom. The number of aromatic nitrogens is 2. The van der Waals surface area contributed by atoms with Crippen LogP contribution in [0.15, 0.2) is 59.1 Å². The van der Waals surface area contributed by atoms with Gasteiger partial charge in [-0.05, 0) is 23.6 Å². The smallest absolute Gasteiger partial charge is 0.227 e. The van der Waals surface area contributed by atoms with Crippen molar-refractivity contribution in [3.63, 3.8) is 0 Å². The number of carbonyl (C=O) groups excluding carboxylic acids is 1. The summed E-state index contributed by atoms with van der Waals surface area (Å²) >= 11 is 0. The number of rotatable bonds is 9. The van der Waals surface area contributed by atoms with E-state index in [4.69, 9.17) is 4.52 Å². The van der Waals surface area contributed by atoms with Crippen molar-refractivity contribution in [2.24, 2.45) is 0 Å². The van der Waals surface area contributed by atoms with E-state index in [2.05, 4.69) is 75.5 Å². The molecule has 0 unspecified atom stereocenters. The third kappa shape index (κ3) is 6.42. The van der Waals surface area contributed by atoms with Gasteiger partial charge in [-0.15, -0.1) is 0 Å². The lowest BCUT2D eigenvalue weighted by Gasteiger charge is -2.36. The molecule has 2 aromatic carbocycles. The lowest BCUT2D eigenvalue weighted by molar-refractivity contribution is -0.121. The monoisotopic (exact) mass is 447 g/mol. The Bertz CT molecular complexity index is 1010. The molecule has 0 bridgehead atoms. The first-order chi connectivity index (χ1) is 16.1. The van der Waals surface area contributed by atoms with Crippen molar-refractivity contribution in [3.8, 4) is 11.4 Å². The minimum absolute atomic E-state index is 0.0129. The minimum Gasteiger partial charge on any atom is -0.369 e. The number of para-hydroxylation sites is 1. The number of hydrogen-bond acceptors (Lipinski definition) is 6. The topological polar surface area (TPSA) is 74.5 Å². The molecule has 1 aliphatic heterocycles. The highest BCUT2D eigenvalue weighted by Crippen LogP contribution is 2.21. The average Bonchev–Trinajstić information content (AvgIpc) is 3.33. The summed E-state index contributed by atoms with van der Waals surface area (Å²) in [6, 6.07) is 18.7. The van der Waals surface area contributed by atoms with E-state index >= 15 is 0 Å². The lowest BCUT2D eigenvalue weighted by Crippen LogP contribution is -2.48. The van der Waals surface area contributed by atoms with Gasteiger partial charge in [0.1, 0.15) is 0 Å². The molecule has 1 amide bonds. The van der Waals surface area contributed by atoms with Gasteiger partial charge in [-0.25, -0.2) is 0 Å². The molecule has 0 radical (unpaired) electrons. The van der Waals surface area contributed by atoms with E-state index in [9.17, 15) is 4.79 Å². The molecular weight excluding hydrogens is 414 g/mol. The Morgan fingerprint density at radius 2 is 1.76 bits per heavy atom. The summed E-state index contributed by atoms with van der Waals surface area (Å²) in [5, 5.41) is 7.08. The fourth-order valence-corrected chi connectivity index (χ4v) is 4.02. The Kier molecular flexibility index (Phi) is 7.73. The zero-order valence-electron chi connectivity index (χ0n) is 19.5. The molecule has 2 heterocycles. The molecule has 33 heavy (non-hydrogen) atoms. The van der Waals surface area contributed by atoms with Gasteiger partial charge in [-0.3, -0.25) is 9.69 Å². The van der Waals surface area contributed by atoms with E-state index in [0.29, 0.717) is 37.0 Å². The third-order valence-electron chi connectivity index (χ3n) is 6.11. The second-order valence-electron chi connectivity index (χ2n) is 8.80. The summed E-state index contributed by atoms with van der Waals surface area (Å²) in [7, 11) is 0. The molecule has 0 aliphatic carbocycles. The number of hydrogen-bond donors (Lipinski definition) is 1. The van der Waals surface area contributed by atoms with Gasteiger partial charge in [-0.1, -0.05) is 61.5 Å². The second-order valence-corrected chi connectivity index (χ2v) is 8.80. The fourth-order valence-electron chi connectivity index (χ4n) is 4.02. The molecule has 0 spiro atoms. The summed E-state index contributed by atoms with van der Waals surface area (Å²) in [6.07, 6.45) is 0.786.